The van der Waals surface area contributed by atoms with Gasteiger partial charge in [0, 0.05) is 12.6 Å². The smallest absolute Gasteiger partial charge is 0.240 e. The quantitative estimate of drug-likeness (QED) is 0.850. The molecule has 0 saturated carbocycles. The number of halogens is 3. The highest BCUT2D eigenvalue weighted by molar-refractivity contribution is 6.31. The number of rotatable bonds is 5. The molecule has 0 aliphatic heterocycles. The summed E-state index contributed by atoms with van der Waals surface area (Å²) in [5.41, 5.74) is 1.03. The fourth-order valence-electron chi connectivity index (χ4n) is 2.07. The second-order valence-corrected chi connectivity index (χ2v) is 5.84. The van der Waals surface area contributed by atoms with Crippen molar-refractivity contribution in [1.29, 1.82) is 0 Å². The van der Waals surface area contributed by atoms with Crippen LogP contribution in [0.2, 0.25) is 5.02 Å². The lowest BCUT2D eigenvalue weighted by Gasteiger charge is -2.10. The molecule has 1 N–H and O–H groups in total. The van der Waals surface area contributed by atoms with E-state index >= 15 is 0 Å². The Morgan fingerprint density at radius 1 is 1.52 bits per heavy atom. The Hall–Kier alpha value is -1.33. The van der Waals surface area contributed by atoms with E-state index in [9.17, 15) is 9.18 Å². The van der Waals surface area contributed by atoms with Gasteiger partial charge in [0.05, 0.1) is 21.4 Å². The van der Waals surface area contributed by atoms with E-state index in [0.717, 1.165) is 6.42 Å². The summed E-state index contributed by atoms with van der Waals surface area (Å²) < 4.78 is 15.3. The van der Waals surface area contributed by atoms with Gasteiger partial charge < -0.3 is 9.88 Å². The third kappa shape index (κ3) is 3.47. The number of nitrogens with zero attached hydrogens (tertiary/aromatic N) is 2. The van der Waals surface area contributed by atoms with Crippen molar-refractivity contribution in [2.24, 2.45) is 0 Å². The molecule has 0 aliphatic carbocycles. The fraction of sp³-hybridized carbons (Fsp3) is 0.429. The van der Waals surface area contributed by atoms with Gasteiger partial charge >= 0.3 is 0 Å². The van der Waals surface area contributed by atoms with Gasteiger partial charge in [-0.2, -0.15) is 0 Å². The van der Waals surface area contributed by atoms with Crippen molar-refractivity contribution < 1.29 is 9.18 Å². The number of carbonyl (C=O) groups excluding carboxylic acids is 1. The maximum atomic E-state index is 13.7. The summed E-state index contributed by atoms with van der Waals surface area (Å²) in [6.07, 6.45) is 0.847. The second-order valence-electron chi connectivity index (χ2n) is 4.78. The number of benzene rings is 1. The molecule has 1 atom stereocenters. The molecule has 2 rings (SSSR count). The van der Waals surface area contributed by atoms with Crippen molar-refractivity contribution in [2.45, 2.75) is 32.2 Å². The predicted octanol–water partition coefficient (Wildman–Crippen LogP) is 3.65. The van der Waals surface area contributed by atoms with E-state index in [1.165, 1.54) is 12.1 Å². The molecule has 1 unspecified atom stereocenters. The predicted molar refractivity (Wildman–Crippen MR) is 82.3 cm³/mol. The SMILES string of the molecule is CCCNC(=O)Cn1c(C(C)Cl)nc2cc(Cl)c(F)cc21. The van der Waals surface area contributed by atoms with Gasteiger partial charge in [-0.1, -0.05) is 18.5 Å². The van der Waals surface area contributed by atoms with Crippen molar-refractivity contribution in [1.82, 2.24) is 14.9 Å². The molecule has 1 aromatic carbocycles. The van der Waals surface area contributed by atoms with Gasteiger partial charge in [-0.25, -0.2) is 9.37 Å². The molecule has 2 aromatic rings. The maximum absolute atomic E-state index is 13.7. The third-order valence-electron chi connectivity index (χ3n) is 3.05. The zero-order valence-electron chi connectivity index (χ0n) is 11.8. The lowest BCUT2D eigenvalue weighted by atomic mass is 10.3. The Kier molecular flexibility index (Phi) is 5.06. The first-order chi connectivity index (χ1) is 9.93. The van der Waals surface area contributed by atoms with Crippen molar-refractivity contribution >= 4 is 40.1 Å². The number of carbonyl (C=O) groups is 1. The maximum Gasteiger partial charge on any atom is 0.240 e. The van der Waals surface area contributed by atoms with Gasteiger partial charge in [0.2, 0.25) is 5.91 Å². The van der Waals surface area contributed by atoms with Gasteiger partial charge in [0.15, 0.2) is 0 Å². The summed E-state index contributed by atoms with van der Waals surface area (Å²) in [4.78, 5) is 16.3. The van der Waals surface area contributed by atoms with Crippen molar-refractivity contribution in [3.63, 3.8) is 0 Å². The average Bonchev–Trinajstić information content (AvgIpc) is 2.75. The first-order valence-electron chi connectivity index (χ1n) is 6.70. The molecule has 0 saturated heterocycles. The van der Waals surface area contributed by atoms with Crippen molar-refractivity contribution in [3.05, 3.63) is 28.8 Å². The third-order valence-corrected chi connectivity index (χ3v) is 3.53. The first-order valence-corrected chi connectivity index (χ1v) is 7.51. The van der Waals surface area contributed by atoms with E-state index in [-0.39, 0.29) is 17.5 Å². The molecule has 0 fully saturated rings. The van der Waals surface area contributed by atoms with Crippen LogP contribution in [0.5, 0.6) is 0 Å². The fourth-order valence-corrected chi connectivity index (χ4v) is 2.40. The van der Waals surface area contributed by atoms with Gasteiger partial charge in [0.25, 0.3) is 0 Å². The molecule has 0 spiro atoms. The number of aromatic nitrogens is 2. The summed E-state index contributed by atoms with van der Waals surface area (Å²) >= 11 is 11.9. The van der Waals surface area contributed by atoms with E-state index in [1.54, 1.807) is 11.5 Å². The molecule has 1 amide bonds. The number of fused-ring (bicyclic) bond motifs is 1. The molecule has 21 heavy (non-hydrogen) atoms. The minimum Gasteiger partial charge on any atom is -0.355 e. The summed E-state index contributed by atoms with van der Waals surface area (Å²) in [6.45, 7) is 4.36. The van der Waals surface area contributed by atoms with E-state index < -0.39 is 11.2 Å². The summed E-state index contributed by atoms with van der Waals surface area (Å²) in [7, 11) is 0. The van der Waals surface area contributed by atoms with Crippen LogP contribution in [0.15, 0.2) is 12.1 Å². The summed E-state index contributed by atoms with van der Waals surface area (Å²) in [5, 5.41) is 2.37. The lowest BCUT2D eigenvalue weighted by Crippen LogP contribution is -2.28. The largest absolute Gasteiger partial charge is 0.355 e. The van der Waals surface area contributed by atoms with Crippen LogP contribution in [0, 0.1) is 5.82 Å². The zero-order valence-corrected chi connectivity index (χ0v) is 13.3. The Bertz CT molecular complexity index is 670. The first kappa shape index (κ1) is 16.0. The molecule has 0 bridgehead atoms. The van der Waals surface area contributed by atoms with Crippen LogP contribution in [0.1, 0.15) is 31.5 Å². The number of alkyl halides is 1. The number of hydrogen-bond acceptors (Lipinski definition) is 2. The normalized spacial score (nSPS) is 12.6. The number of amides is 1. The van der Waals surface area contributed by atoms with Gasteiger partial charge in [-0.15, -0.1) is 11.6 Å². The van der Waals surface area contributed by atoms with Crippen LogP contribution in [-0.4, -0.2) is 22.0 Å². The molecule has 1 aromatic heterocycles. The van der Waals surface area contributed by atoms with E-state index in [2.05, 4.69) is 10.3 Å². The zero-order chi connectivity index (χ0) is 15.6. The van der Waals surface area contributed by atoms with Crippen LogP contribution >= 0.6 is 23.2 Å². The molecule has 0 radical (unpaired) electrons. The van der Waals surface area contributed by atoms with E-state index in [1.807, 2.05) is 6.92 Å². The van der Waals surface area contributed by atoms with Crippen molar-refractivity contribution in [3.8, 4) is 0 Å². The Morgan fingerprint density at radius 3 is 2.86 bits per heavy atom. The van der Waals surface area contributed by atoms with Gasteiger partial charge in [0.1, 0.15) is 18.2 Å². The highest BCUT2D eigenvalue weighted by Gasteiger charge is 2.18. The summed E-state index contributed by atoms with van der Waals surface area (Å²) in [6, 6.07) is 2.72. The van der Waals surface area contributed by atoms with Crippen LogP contribution in [0.25, 0.3) is 11.0 Å². The van der Waals surface area contributed by atoms with Crippen LogP contribution < -0.4 is 5.32 Å². The molecular formula is C14H16Cl2FN3O. The molecule has 7 heteroatoms. The van der Waals surface area contributed by atoms with Crippen LogP contribution in [-0.2, 0) is 11.3 Å². The standard InChI is InChI=1S/C14H16Cl2FN3O/c1-3-4-18-13(21)7-20-12-6-10(17)9(16)5-11(12)19-14(20)8(2)15/h5-6,8H,3-4,7H2,1-2H3,(H,18,21). The average molecular weight is 332 g/mol. The molecular weight excluding hydrogens is 316 g/mol. The Labute approximate surface area is 132 Å². The lowest BCUT2D eigenvalue weighted by molar-refractivity contribution is -0.121. The highest BCUT2D eigenvalue weighted by atomic mass is 35.5. The molecule has 1 heterocycles. The van der Waals surface area contributed by atoms with E-state index in [4.69, 9.17) is 23.2 Å². The van der Waals surface area contributed by atoms with Crippen LogP contribution in [0.3, 0.4) is 0 Å². The van der Waals surface area contributed by atoms with E-state index in [0.29, 0.717) is 23.4 Å². The minimum absolute atomic E-state index is 0.00337. The topological polar surface area (TPSA) is 46.9 Å². The Balaban J connectivity index is 2.45. The monoisotopic (exact) mass is 331 g/mol. The minimum atomic E-state index is -0.548. The Morgan fingerprint density at radius 2 is 2.24 bits per heavy atom. The summed E-state index contributed by atoms with van der Waals surface area (Å²) in [5.74, 6) is -0.196. The number of nitrogens with one attached hydrogen (secondary N) is 1. The van der Waals surface area contributed by atoms with Crippen LogP contribution in [0.4, 0.5) is 4.39 Å². The second kappa shape index (κ2) is 6.62. The van der Waals surface area contributed by atoms with Crippen molar-refractivity contribution in [2.75, 3.05) is 6.54 Å². The van der Waals surface area contributed by atoms with Gasteiger partial charge in [-0.05, 0) is 19.4 Å². The number of hydrogen-bond donors (Lipinski definition) is 1. The molecule has 4 nitrogen and oxygen atoms in total. The van der Waals surface area contributed by atoms with Gasteiger partial charge in [-0.3, -0.25) is 4.79 Å². The molecule has 114 valence electrons. The number of imidazole rings is 1. The highest BCUT2D eigenvalue weighted by Crippen LogP contribution is 2.28. The molecule has 0 aliphatic rings.